The normalized spacial score (nSPS) is 12.2. The van der Waals surface area contributed by atoms with Crippen molar-refractivity contribution < 1.29 is 10.2 Å². The number of benzene rings is 2. The number of aromatic hydroxyl groups is 2. The first kappa shape index (κ1) is 25.6. The van der Waals surface area contributed by atoms with Gasteiger partial charge in [-0.15, -0.1) is 0 Å². The summed E-state index contributed by atoms with van der Waals surface area (Å²) in [6.45, 7) is 13.5. The van der Waals surface area contributed by atoms with Gasteiger partial charge in [-0.1, -0.05) is 32.0 Å². The molecule has 32 heavy (non-hydrogen) atoms. The van der Waals surface area contributed by atoms with Crippen LogP contribution in [-0.4, -0.2) is 72.9 Å². The molecule has 2 rings (SSSR count). The van der Waals surface area contributed by atoms with Gasteiger partial charge < -0.3 is 15.5 Å². The zero-order valence-corrected chi connectivity index (χ0v) is 19.8. The zero-order valence-electron chi connectivity index (χ0n) is 19.8. The van der Waals surface area contributed by atoms with Crippen LogP contribution >= 0.6 is 0 Å². The summed E-state index contributed by atoms with van der Waals surface area (Å²) in [4.78, 5) is 11.3. The van der Waals surface area contributed by atoms with E-state index in [0.717, 1.165) is 37.3 Å². The van der Waals surface area contributed by atoms with E-state index in [4.69, 9.17) is 0 Å². The first-order valence-electron chi connectivity index (χ1n) is 11.4. The number of rotatable bonds is 13. The number of phenolic OH excluding ortho intramolecular Hbond substituents is 2. The molecular weight excluding hydrogens is 400 g/mol. The van der Waals surface area contributed by atoms with E-state index in [1.54, 1.807) is 30.6 Å². The predicted molar refractivity (Wildman–Crippen MR) is 135 cm³/mol. The van der Waals surface area contributed by atoms with Gasteiger partial charge in [-0.25, -0.2) is 0 Å². The first-order valence-corrected chi connectivity index (χ1v) is 11.4. The SMILES string of the molecule is CC(C)c1ccc(O)c(/C=N\CCN(CCNCC/N=C\c2ccccc2O)C(C)C)c1. The molecule has 0 radical (unpaired) electrons. The molecule has 0 aromatic heterocycles. The molecule has 2 aromatic rings. The standard InChI is InChI=1S/C26H38N4O2/c1-20(2)22-9-10-26(32)24(17-22)19-29-14-16-30(21(3)4)15-13-27-11-12-28-18-23-7-5-6-8-25(23)31/h5-10,17-21,27,31-32H,11-16H2,1-4H3/b28-18-,29-19-. The van der Waals surface area contributed by atoms with Crippen LogP contribution in [0, 0.1) is 0 Å². The molecule has 174 valence electrons. The second-order valence-electron chi connectivity index (χ2n) is 8.48. The Balaban J connectivity index is 1.70. The van der Waals surface area contributed by atoms with Crippen LogP contribution < -0.4 is 5.32 Å². The topological polar surface area (TPSA) is 80.5 Å². The fourth-order valence-electron chi connectivity index (χ4n) is 3.26. The van der Waals surface area contributed by atoms with Gasteiger partial charge in [-0.05, 0) is 49.6 Å². The van der Waals surface area contributed by atoms with E-state index in [-0.39, 0.29) is 11.5 Å². The molecule has 0 saturated heterocycles. The highest BCUT2D eigenvalue weighted by Gasteiger charge is 2.08. The lowest BCUT2D eigenvalue weighted by Gasteiger charge is -2.25. The Labute approximate surface area is 192 Å². The maximum atomic E-state index is 10.1. The summed E-state index contributed by atoms with van der Waals surface area (Å²) in [6.07, 6.45) is 3.49. The highest BCUT2D eigenvalue weighted by Crippen LogP contribution is 2.21. The van der Waals surface area contributed by atoms with E-state index >= 15 is 0 Å². The number of nitrogens with one attached hydrogen (secondary N) is 1. The van der Waals surface area contributed by atoms with Crippen molar-refractivity contribution >= 4 is 12.4 Å². The summed E-state index contributed by atoms with van der Waals surface area (Å²) < 4.78 is 0. The molecule has 0 fully saturated rings. The van der Waals surface area contributed by atoms with Crippen LogP contribution in [0.5, 0.6) is 11.5 Å². The van der Waals surface area contributed by atoms with E-state index in [1.807, 2.05) is 24.3 Å². The van der Waals surface area contributed by atoms with Gasteiger partial charge in [-0.2, -0.15) is 0 Å². The second-order valence-corrected chi connectivity index (χ2v) is 8.48. The van der Waals surface area contributed by atoms with Crippen LogP contribution in [0.1, 0.15) is 50.3 Å². The summed E-state index contributed by atoms with van der Waals surface area (Å²) >= 11 is 0. The maximum Gasteiger partial charge on any atom is 0.124 e. The third kappa shape index (κ3) is 8.81. The Morgan fingerprint density at radius 1 is 0.844 bits per heavy atom. The number of hydrogen-bond donors (Lipinski definition) is 3. The van der Waals surface area contributed by atoms with E-state index in [0.29, 0.717) is 25.0 Å². The second kappa shape index (κ2) is 13.7. The molecule has 0 amide bonds. The van der Waals surface area contributed by atoms with Crippen molar-refractivity contribution in [2.45, 2.75) is 39.7 Å². The minimum absolute atomic E-state index is 0.252. The van der Waals surface area contributed by atoms with Gasteiger partial charge in [0.25, 0.3) is 0 Å². The minimum Gasteiger partial charge on any atom is -0.507 e. The van der Waals surface area contributed by atoms with Crippen LogP contribution in [0.25, 0.3) is 0 Å². The molecule has 0 atom stereocenters. The van der Waals surface area contributed by atoms with Gasteiger partial charge in [0.1, 0.15) is 11.5 Å². The van der Waals surface area contributed by atoms with Crippen molar-refractivity contribution in [2.75, 3.05) is 39.3 Å². The molecule has 6 heteroatoms. The van der Waals surface area contributed by atoms with Crippen LogP contribution in [0.3, 0.4) is 0 Å². The lowest BCUT2D eigenvalue weighted by molar-refractivity contribution is 0.229. The Kier molecular flexibility index (Phi) is 10.9. The lowest BCUT2D eigenvalue weighted by atomic mass is 10.0. The minimum atomic E-state index is 0.252. The van der Waals surface area contributed by atoms with E-state index < -0.39 is 0 Å². The number of nitrogens with zero attached hydrogens (tertiary/aromatic N) is 3. The molecule has 3 N–H and O–H groups in total. The zero-order chi connectivity index (χ0) is 23.3. The van der Waals surface area contributed by atoms with Crippen LogP contribution in [0.4, 0.5) is 0 Å². The van der Waals surface area contributed by atoms with Crippen LogP contribution in [0.15, 0.2) is 52.4 Å². The number of para-hydroxylation sites is 1. The molecule has 0 unspecified atom stereocenters. The van der Waals surface area contributed by atoms with Crippen molar-refractivity contribution in [1.29, 1.82) is 0 Å². The number of phenols is 2. The Morgan fingerprint density at radius 2 is 1.53 bits per heavy atom. The smallest absolute Gasteiger partial charge is 0.124 e. The largest absolute Gasteiger partial charge is 0.507 e. The van der Waals surface area contributed by atoms with Crippen molar-refractivity contribution in [2.24, 2.45) is 9.98 Å². The van der Waals surface area contributed by atoms with Crippen LogP contribution in [-0.2, 0) is 0 Å². The number of aliphatic imine (C=N–C) groups is 2. The van der Waals surface area contributed by atoms with Gasteiger partial charge in [0.2, 0.25) is 0 Å². The van der Waals surface area contributed by atoms with Crippen molar-refractivity contribution in [3.8, 4) is 11.5 Å². The van der Waals surface area contributed by atoms with E-state index in [9.17, 15) is 10.2 Å². The highest BCUT2D eigenvalue weighted by molar-refractivity contribution is 5.84. The fourth-order valence-corrected chi connectivity index (χ4v) is 3.26. The summed E-state index contributed by atoms with van der Waals surface area (Å²) in [7, 11) is 0. The predicted octanol–water partition coefficient (Wildman–Crippen LogP) is 4.06. The molecule has 0 aliphatic heterocycles. The van der Waals surface area contributed by atoms with Gasteiger partial charge >= 0.3 is 0 Å². The van der Waals surface area contributed by atoms with Gasteiger partial charge in [0.05, 0.1) is 13.1 Å². The van der Waals surface area contributed by atoms with Crippen LogP contribution in [0.2, 0.25) is 0 Å². The van der Waals surface area contributed by atoms with Gasteiger partial charge in [0.15, 0.2) is 0 Å². The summed E-state index contributed by atoms with van der Waals surface area (Å²) in [5.74, 6) is 0.943. The average Bonchev–Trinajstić information content (AvgIpc) is 2.76. The summed E-state index contributed by atoms with van der Waals surface area (Å²) in [6, 6.07) is 13.3. The van der Waals surface area contributed by atoms with E-state index in [1.165, 1.54) is 5.56 Å². The molecule has 0 heterocycles. The molecule has 6 nitrogen and oxygen atoms in total. The highest BCUT2D eigenvalue weighted by atomic mass is 16.3. The first-order chi connectivity index (χ1) is 15.4. The molecule has 0 aliphatic carbocycles. The lowest BCUT2D eigenvalue weighted by Crippen LogP contribution is -2.39. The fraction of sp³-hybridized carbons (Fsp3) is 0.462. The number of hydrogen-bond acceptors (Lipinski definition) is 6. The van der Waals surface area contributed by atoms with Gasteiger partial charge in [-0.3, -0.25) is 14.9 Å². The Morgan fingerprint density at radius 3 is 2.25 bits per heavy atom. The van der Waals surface area contributed by atoms with Gasteiger partial charge in [0, 0.05) is 55.8 Å². The van der Waals surface area contributed by atoms with Crippen molar-refractivity contribution in [3.05, 3.63) is 59.2 Å². The molecule has 0 bridgehead atoms. The molecule has 0 saturated carbocycles. The maximum absolute atomic E-state index is 10.1. The molecule has 0 aliphatic rings. The molecular formula is C26H38N4O2. The Hall–Kier alpha value is -2.70. The third-order valence-corrected chi connectivity index (χ3v) is 5.36. The third-order valence-electron chi connectivity index (χ3n) is 5.36. The van der Waals surface area contributed by atoms with Crippen molar-refractivity contribution in [1.82, 2.24) is 10.2 Å². The summed E-state index contributed by atoms with van der Waals surface area (Å²) in [5.41, 5.74) is 2.71. The average molecular weight is 439 g/mol. The monoisotopic (exact) mass is 438 g/mol. The molecule has 0 spiro atoms. The summed E-state index contributed by atoms with van der Waals surface area (Å²) in [5, 5.41) is 23.2. The van der Waals surface area contributed by atoms with Crippen molar-refractivity contribution in [3.63, 3.8) is 0 Å². The van der Waals surface area contributed by atoms with E-state index in [2.05, 4.69) is 47.9 Å². The Bertz CT molecular complexity index is 878. The molecule has 2 aromatic carbocycles. The quantitative estimate of drug-likeness (QED) is 0.325.